The first-order chi connectivity index (χ1) is 10.6. The lowest BCUT2D eigenvalue weighted by Gasteiger charge is -2.35. The van der Waals surface area contributed by atoms with E-state index in [1.807, 2.05) is 0 Å². The highest BCUT2D eigenvalue weighted by Crippen LogP contribution is 2.26. The van der Waals surface area contributed by atoms with Gasteiger partial charge in [-0.1, -0.05) is 26.7 Å². The Hall–Kier alpha value is -0.810. The largest absolute Gasteiger partial charge is 0.396 e. The zero-order valence-corrected chi connectivity index (χ0v) is 14.0. The van der Waals surface area contributed by atoms with Crippen molar-refractivity contribution >= 4 is 6.03 Å². The molecule has 2 rings (SSSR count). The standard InChI is InChI=1S/C17H32N2O3/c1-12(2)16-13(7-5-9-22-16)10-18-17(21)19-15-8-4-3-6-14(15)11-20/h12-16,20H,3-11H2,1-2H3,(H2,18,19,21). The summed E-state index contributed by atoms with van der Waals surface area (Å²) in [6.45, 7) is 6.03. The van der Waals surface area contributed by atoms with Crippen LogP contribution in [0.25, 0.3) is 0 Å². The van der Waals surface area contributed by atoms with Crippen molar-refractivity contribution in [3.8, 4) is 0 Å². The number of amides is 2. The van der Waals surface area contributed by atoms with Crippen LogP contribution in [0.4, 0.5) is 4.79 Å². The van der Waals surface area contributed by atoms with E-state index in [9.17, 15) is 9.90 Å². The van der Waals surface area contributed by atoms with E-state index >= 15 is 0 Å². The minimum Gasteiger partial charge on any atom is -0.396 e. The minimum atomic E-state index is -0.0987. The Morgan fingerprint density at radius 3 is 2.64 bits per heavy atom. The molecule has 0 aromatic carbocycles. The van der Waals surface area contributed by atoms with Crippen molar-refractivity contribution < 1.29 is 14.6 Å². The van der Waals surface area contributed by atoms with Crippen molar-refractivity contribution in [2.75, 3.05) is 19.8 Å². The van der Waals surface area contributed by atoms with Crippen LogP contribution in [-0.2, 0) is 4.74 Å². The number of hydrogen-bond donors (Lipinski definition) is 3. The molecule has 4 atom stereocenters. The van der Waals surface area contributed by atoms with Gasteiger partial charge in [0.2, 0.25) is 0 Å². The molecule has 1 saturated heterocycles. The second-order valence-corrected chi connectivity index (χ2v) is 7.17. The van der Waals surface area contributed by atoms with Crippen LogP contribution >= 0.6 is 0 Å². The average molecular weight is 312 g/mol. The summed E-state index contributed by atoms with van der Waals surface area (Å²) in [5.41, 5.74) is 0. The van der Waals surface area contributed by atoms with E-state index in [4.69, 9.17) is 4.74 Å². The van der Waals surface area contributed by atoms with Gasteiger partial charge in [-0.15, -0.1) is 0 Å². The second-order valence-electron chi connectivity index (χ2n) is 7.17. The van der Waals surface area contributed by atoms with Crippen molar-refractivity contribution in [1.82, 2.24) is 10.6 Å². The summed E-state index contributed by atoms with van der Waals surface area (Å²) < 4.78 is 5.86. The fourth-order valence-corrected chi connectivity index (χ4v) is 3.88. The van der Waals surface area contributed by atoms with Gasteiger partial charge in [0.25, 0.3) is 0 Å². The molecule has 0 aromatic rings. The number of aliphatic hydroxyl groups excluding tert-OH is 1. The fourth-order valence-electron chi connectivity index (χ4n) is 3.88. The van der Waals surface area contributed by atoms with Crippen LogP contribution in [0.1, 0.15) is 52.4 Å². The highest BCUT2D eigenvalue weighted by atomic mass is 16.5. The molecule has 0 radical (unpaired) electrons. The maximum atomic E-state index is 12.1. The van der Waals surface area contributed by atoms with E-state index < -0.39 is 0 Å². The molecule has 0 aromatic heterocycles. The van der Waals surface area contributed by atoms with E-state index in [1.165, 1.54) is 0 Å². The molecule has 3 N–H and O–H groups in total. The molecular formula is C17H32N2O3. The second kappa shape index (κ2) is 8.73. The van der Waals surface area contributed by atoms with E-state index in [0.29, 0.717) is 18.4 Å². The molecule has 0 spiro atoms. The maximum absolute atomic E-state index is 12.1. The third kappa shape index (κ3) is 4.85. The van der Waals surface area contributed by atoms with Crippen LogP contribution in [0.3, 0.4) is 0 Å². The monoisotopic (exact) mass is 312 g/mol. The first-order valence-electron chi connectivity index (χ1n) is 8.88. The van der Waals surface area contributed by atoms with Crippen LogP contribution in [-0.4, -0.2) is 43.0 Å². The van der Waals surface area contributed by atoms with Crippen LogP contribution < -0.4 is 10.6 Å². The number of nitrogens with one attached hydrogen (secondary N) is 2. The quantitative estimate of drug-likeness (QED) is 0.729. The molecule has 128 valence electrons. The maximum Gasteiger partial charge on any atom is 0.315 e. The molecule has 0 bridgehead atoms. The summed E-state index contributed by atoms with van der Waals surface area (Å²) in [6.07, 6.45) is 6.70. The molecule has 1 heterocycles. The number of carbonyl (C=O) groups excluding carboxylic acids is 1. The van der Waals surface area contributed by atoms with Crippen LogP contribution in [0.2, 0.25) is 0 Å². The van der Waals surface area contributed by atoms with Crippen LogP contribution in [0.5, 0.6) is 0 Å². The van der Waals surface area contributed by atoms with Gasteiger partial charge in [0, 0.05) is 37.6 Å². The molecular weight excluding hydrogens is 280 g/mol. The lowest BCUT2D eigenvalue weighted by Crippen LogP contribution is -2.50. The summed E-state index contributed by atoms with van der Waals surface area (Å²) in [5.74, 6) is 1.09. The predicted octanol–water partition coefficient (Wildman–Crippen LogP) is 2.29. The molecule has 2 fully saturated rings. The summed E-state index contributed by atoms with van der Waals surface area (Å²) >= 11 is 0. The molecule has 4 unspecified atom stereocenters. The predicted molar refractivity (Wildman–Crippen MR) is 86.7 cm³/mol. The summed E-state index contributed by atoms with van der Waals surface area (Å²) in [6, 6.07) is 0.0145. The van der Waals surface area contributed by atoms with Gasteiger partial charge < -0.3 is 20.5 Å². The Morgan fingerprint density at radius 1 is 1.18 bits per heavy atom. The van der Waals surface area contributed by atoms with Gasteiger partial charge in [0.05, 0.1) is 6.10 Å². The van der Waals surface area contributed by atoms with Crippen molar-refractivity contribution in [2.24, 2.45) is 17.8 Å². The SMILES string of the molecule is CC(C)C1OCCCC1CNC(=O)NC1CCCCC1CO. The Kier molecular flexibility index (Phi) is 6.96. The van der Waals surface area contributed by atoms with Gasteiger partial charge in [-0.2, -0.15) is 0 Å². The summed E-state index contributed by atoms with van der Waals surface area (Å²) in [4.78, 5) is 12.1. The number of carbonyl (C=O) groups is 1. The lowest BCUT2D eigenvalue weighted by molar-refractivity contribution is -0.0508. The zero-order chi connectivity index (χ0) is 15.9. The number of urea groups is 1. The number of ether oxygens (including phenoxy) is 1. The van der Waals surface area contributed by atoms with E-state index in [1.54, 1.807) is 0 Å². The average Bonchev–Trinajstić information content (AvgIpc) is 2.53. The fraction of sp³-hybridized carbons (Fsp3) is 0.941. The van der Waals surface area contributed by atoms with E-state index in [0.717, 1.165) is 45.1 Å². The molecule has 1 saturated carbocycles. The molecule has 2 amide bonds. The van der Waals surface area contributed by atoms with Crippen LogP contribution in [0, 0.1) is 17.8 Å². The van der Waals surface area contributed by atoms with Crippen molar-refractivity contribution in [3.05, 3.63) is 0 Å². The molecule has 1 aliphatic heterocycles. The van der Waals surface area contributed by atoms with Crippen LogP contribution in [0.15, 0.2) is 0 Å². The molecule has 22 heavy (non-hydrogen) atoms. The molecule has 5 heteroatoms. The Morgan fingerprint density at radius 2 is 1.91 bits per heavy atom. The van der Waals surface area contributed by atoms with Gasteiger partial charge in [-0.25, -0.2) is 4.79 Å². The molecule has 1 aliphatic carbocycles. The Bertz CT molecular complexity index is 349. The zero-order valence-electron chi connectivity index (χ0n) is 14.0. The van der Waals surface area contributed by atoms with Crippen molar-refractivity contribution in [2.45, 2.75) is 64.5 Å². The van der Waals surface area contributed by atoms with Gasteiger partial charge in [0.1, 0.15) is 0 Å². The van der Waals surface area contributed by atoms with E-state index in [2.05, 4.69) is 24.5 Å². The van der Waals surface area contributed by atoms with Crippen molar-refractivity contribution in [3.63, 3.8) is 0 Å². The third-order valence-electron chi connectivity index (χ3n) is 5.14. The normalized spacial score (nSPS) is 32.7. The first-order valence-corrected chi connectivity index (χ1v) is 8.88. The number of hydrogen-bond acceptors (Lipinski definition) is 3. The smallest absolute Gasteiger partial charge is 0.315 e. The van der Waals surface area contributed by atoms with Gasteiger partial charge in [0.15, 0.2) is 0 Å². The summed E-state index contributed by atoms with van der Waals surface area (Å²) in [5, 5.41) is 15.5. The van der Waals surface area contributed by atoms with Gasteiger partial charge in [-0.3, -0.25) is 0 Å². The molecule has 5 nitrogen and oxygen atoms in total. The highest BCUT2D eigenvalue weighted by molar-refractivity contribution is 5.74. The molecule has 2 aliphatic rings. The number of rotatable bonds is 5. The van der Waals surface area contributed by atoms with Crippen molar-refractivity contribution in [1.29, 1.82) is 0 Å². The third-order valence-corrected chi connectivity index (χ3v) is 5.14. The topological polar surface area (TPSA) is 70.6 Å². The van der Waals surface area contributed by atoms with Gasteiger partial charge in [-0.05, 0) is 31.6 Å². The minimum absolute atomic E-state index is 0.0987. The van der Waals surface area contributed by atoms with E-state index in [-0.39, 0.29) is 30.7 Å². The number of aliphatic hydroxyl groups is 1. The Labute approximate surface area is 134 Å². The first kappa shape index (κ1) is 17.5. The lowest BCUT2D eigenvalue weighted by atomic mass is 9.85. The Balaban J connectivity index is 1.76. The summed E-state index contributed by atoms with van der Waals surface area (Å²) in [7, 11) is 0. The van der Waals surface area contributed by atoms with Gasteiger partial charge >= 0.3 is 6.03 Å². The highest BCUT2D eigenvalue weighted by Gasteiger charge is 2.30.